The average molecular weight is 278 g/mol. The summed E-state index contributed by atoms with van der Waals surface area (Å²) in [6, 6.07) is 8.90. The van der Waals surface area contributed by atoms with Gasteiger partial charge in [-0.3, -0.25) is 4.79 Å². The van der Waals surface area contributed by atoms with E-state index in [1.165, 1.54) is 0 Å². The molecule has 1 unspecified atom stereocenters. The first-order valence-electron chi connectivity index (χ1n) is 5.36. The molecular weight excluding hydrogens is 265 g/mol. The summed E-state index contributed by atoms with van der Waals surface area (Å²) in [5.74, 6) is -2.06. The van der Waals surface area contributed by atoms with Gasteiger partial charge in [-0.1, -0.05) is 42.1 Å². The van der Waals surface area contributed by atoms with Gasteiger partial charge in [0.05, 0.1) is 5.92 Å². The van der Waals surface area contributed by atoms with E-state index >= 15 is 0 Å². The lowest BCUT2D eigenvalue weighted by molar-refractivity contribution is -0.141. The Hall–Kier alpha value is -1.17. The fraction of sp³-hybridized carbons (Fsp3) is 0.417. The van der Waals surface area contributed by atoms with Crippen LogP contribution >= 0.6 is 11.8 Å². The topological polar surface area (TPSA) is 37.3 Å². The molecule has 0 aliphatic heterocycles. The second kappa shape index (κ2) is 6.68. The molecule has 1 aromatic rings. The average Bonchev–Trinajstić information content (AvgIpc) is 2.27. The van der Waals surface area contributed by atoms with Gasteiger partial charge in [0, 0.05) is 5.75 Å². The van der Waals surface area contributed by atoms with Crippen molar-refractivity contribution in [2.24, 2.45) is 5.92 Å². The SMILES string of the molecule is O=C(O)C(CCSC(F)(F)F)Cc1ccccc1. The number of benzene rings is 1. The molecule has 0 heterocycles. The standard InChI is InChI=1S/C12H13F3O2S/c13-12(14,15)18-7-6-10(11(16)17)8-9-4-2-1-3-5-9/h1-5,10H,6-8H2,(H,16,17). The van der Waals surface area contributed by atoms with Crippen LogP contribution in [-0.2, 0) is 11.2 Å². The zero-order valence-corrected chi connectivity index (χ0v) is 10.3. The Morgan fingerprint density at radius 1 is 1.28 bits per heavy atom. The predicted octanol–water partition coefficient (Wildman–Crippen LogP) is 3.57. The number of aliphatic carboxylic acids is 1. The lowest BCUT2D eigenvalue weighted by Crippen LogP contribution is -2.18. The summed E-state index contributed by atoms with van der Waals surface area (Å²) >= 11 is -0.173. The molecule has 1 atom stereocenters. The number of hydrogen-bond donors (Lipinski definition) is 1. The molecule has 0 aliphatic carbocycles. The summed E-state index contributed by atoms with van der Waals surface area (Å²) in [5, 5.41) is 8.97. The van der Waals surface area contributed by atoms with Crippen molar-refractivity contribution in [3.8, 4) is 0 Å². The third-order valence-electron chi connectivity index (χ3n) is 2.41. The maximum Gasteiger partial charge on any atom is 0.441 e. The zero-order valence-electron chi connectivity index (χ0n) is 9.48. The highest BCUT2D eigenvalue weighted by Crippen LogP contribution is 2.31. The fourth-order valence-electron chi connectivity index (χ4n) is 1.53. The lowest BCUT2D eigenvalue weighted by Gasteiger charge is -2.12. The van der Waals surface area contributed by atoms with Crippen LogP contribution < -0.4 is 0 Å². The van der Waals surface area contributed by atoms with E-state index in [4.69, 9.17) is 5.11 Å². The number of carbonyl (C=O) groups is 1. The predicted molar refractivity (Wildman–Crippen MR) is 64.4 cm³/mol. The van der Waals surface area contributed by atoms with Gasteiger partial charge in [-0.05, 0) is 18.4 Å². The van der Waals surface area contributed by atoms with Crippen LogP contribution in [0.3, 0.4) is 0 Å². The van der Waals surface area contributed by atoms with Gasteiger partial charge in [-0.15, -0.1) is 0 Å². The first kappa shape index (κ1) is 14.9. The molecular formula is C12H13F3O2S. The van der Waals surface area contributed by atoms with Crippen LogP contribution in [0.2, 0.25) is 0 Å². The molecule has 2 nitrogen and oxygen atoms in total. The van der Waals surface area contributed by atoms with Gasteiger partial charge in [0.15, 0.2) is 0 Å². The summed E-state index contributed by atoms with van der Waals surface area (Å²) in [6.45, 7) is 0. The smallest absolute Gasteiger partial charge is 0.441 e. The number of halogens is 3. The Morgan fingerprint density at radius 2 is 1.89 bits per heavy atom. The van der Waals surface area contributed by atoms with Crippen molar-refractivity contribution in [1.29, 1.82) is 0 Å². The van der Waals surface area contributed by atoms with E-state index in [2.05, 4.69) is 0 Å². The number of carboxylic acid groups (broad SMARTS) is 1. The number of carboxylic acids is 1. The van der Waals surface area contributed by atoms with E-state index < -0.39 is 17.4 Å². The second-order valence-corrected chi connectivity index (χ2v) is 4.97. The Balaban J connectivity index is 2.49. The minimum absolute atomic E-state index is 0.00834. The van der Waals surface area contributed by atoms with Gasteiger partial charge in [-0.25, -0.2) is 0 Å². The largest absolute Gasteiger partial charge is 0.481 e. The summed E-state index contributed by atoms with van der Waals surface area (Å²) < 4.78 is 35.8. The molecule has 1 rings (SSSR count). The molecule has 0 aliphatic rings. The molecule has 0 saturated carbocycles. The highest BCUT2D eigenvalue weighted by molar-refractivity contribution is 8.00. The van der Waals surface area contributed by atoms with Crippen molar-refractivity contribution < 1.29 is 23.1 Å². The Bertz CT molecular complexity index is 379. The molecule has 0 spiro atoms. The molecule has 1 aromatic carbocycles. The van der Waals surface area contributed by atoms with E-state index in [9.17, 15) is 18.0 Å². The maximum absolute atomic E-state index is 11.9. The van der Waals surface area contributed by atoms with Crippen molar-refractivity contribution in [3.63, 3.8) is 0 Å². The maximum atomic E-state index is 11.9. The second-order valence-electron chi connectivity index (χ2n) is 3.81. The van der Waals surface area contributed by atoms with Crippen LogP contribution in [0.5, 0.6) is 0 Å². The molecule has 0 fully saturated rings. The first-order chi connectivity index (χ1) is 8.38. The zero-order chi connectivity index (χ0) is 13.6. The molecule has 1 N–H and O–H groups in total. The van der Waals surface area contributed by atoms with Crippen LogP contribution in [0.1, 0.15) is 12.0 Å². The van der Waals surface area contributed by atoms with Gasteiger partial charge < -0.3 is 5.11 Å². The molecule has 0 amide bonds. The van der Waals surface area contributed by atoms with Crippen molar-refractivity contribution in [2.75, 3.05) is 5.75 Å². The van der Waals surface area contributed by atoms with E-state index in [1.807, 2.05) is 0 Å². The number of alkyl halides is 3. The fourth-order valence-corrected chi connectivity index (χ4v) is 2.16. The summed E-state index contributed by atoms with van der Waals surface area (Å²) in [5.41, 5.74) is -3.47. The Morgan fingerprint density at radius 3 is 2.39 bits per heavy atom. The van der Waals surface area contributed by atoms with Crippen LogP contribution in [0.25, 0.3) is 0 Å². The van der Waals surface area contributed by atoms with E-state index in [0.29, 0.717) is 0 Å². The normalized spacial score (nSPS) is 13.3. The van der Waals surface area contributed by atoms with Gasteiger partial charge in [0.1, 0.15) is 0 Å². The van der Waals surface area contributed by atoms with Gasteiger partial charge in [0.2, 0.25) is 0 Å². The van der Waals surface area contributed by atoms with Crippen LogP contribution in [0.15, 0.2) is 30.3 Å². The van der Waals surface area contributed by atoms with Crippen molar-refractivity contribution >= 4 is 17.7 Å². The van der Waals surface area contributed by atoms with Crippen molar-refractivity contribution in [3.05, 3.63) is 35.9 Å². The van der Waals surface area contributed by atoms with Gasteiger partial charge in [0.25, 0.3) is 0 Å². The highest BCUT2D eigenvalue weighted by Gasteiger charge is 2.29. The van der Waals surface area contributed by atoms with Crippen molar-refractivity contribution in [2.45, 2.75) is 18.3 Å². The third kappa shape index (κ3) is 5.95. The monoisotopic (exact) mass is 278 g/mol. The molecule has 0 aromatic heterocycles. The molecule has 0 radical (unpaired) electrons. The molecule has 0 saturated heterocycles. The number of hydrogen-bond acceptors (Lipinski definition) is 2. The minimum atomic E-state index is -4.30. The first-order valence-corrected chi connectivity index (χ1v) is 6.34. The van der Waals surface area contributed by atoms with Crippen LogP contribution in [0.4, 0.5) is 13.2 Å². The molecule has 6 heteroatoms. The van der Waals surface area contributed by atoms with Crippen molar-refractivity contribution in [1.82, 2.24) is 0 Å². The summed E-state index contributed by atoms with van der Waals surface area (Å²) in [4.78, 5) is 11.0. The quantitative estimate of drug-likeness (QED) is 0.864. The van der Waals surface area contributed by atoms with E-state index in [0.717, 1.165) is 5.56 Å². The van der Waals surface area contributed by atoms with E-state index in [1.54, 1.807) is 30.3 Å². The molecule has 0 bridgehead atoms. The summed E-state index contributed by atoms with van der Waals surface area (Å²) in [7, 11) is 0. The van der Waals surface area contributed by atoms with Gasteiger partial charge >= 0.3 is 11.5 Å². The molecule has 100 valence electrons. The number of rotatable bonds is 6. The van der Waals surface area contributed by atoms with Gasteiger partial charge in [-0.2, -0.15) is 13.2 Å². The lowest BCUT2D eigenvalue weighted by atomic mass is 9.97. The minimum Gasteiger partial charge on any atom is -0.481 e. The Kier molecular flexibility index (Phi) is 5.53. The van der Waals surface area contributed by atoms with E-state index in [-0.39, 0.29) is 30.4 Å². The Labute approximate surface area is 107 Å². The highest BCUT2D eigenvalue weighted by atomic mass is 32.2. The summed E-state index contributed by atoms with van der Waals surface area (Å²) in [6.07, 6.45) is 0.267. The third-order valence-corrected chi connectivity index (χ3v) is 3.17. The van der Waals surface area contributed by atoms with Crippen LogP contribution in [-0.4, -0.2) is 22.3 Å². The number of thioether (sulfide) groups is 1. The molecule has 18 heavy (non-hydrogen) atoms. The van der Waals surface area contributed by atoms with Crippen LogP contribution in [0, 0.1) is 5.92 Å².